The molecule has 2 rings (SSSR count). The third-order valence-electron chi connectivity index (χ3n) is 3.42. The molecule has 1 fully saturated rings. The lowest BCUT2D eigenvalue weighted by atomic mass is 10.0. The quantitative estimate of drug-likeness (QED) is 0.831. The van der Waals surface area contributed by atoms with Crippen LogP contribution in [0.3, 0.4) is 0 Å². The molecule has 1 atom stereocenters. The Morgan fingerprint density at radius 1 is 1.39 bits per heavy atom. The van der Waals surface area contributed by atoms with Crippen LogP contribution >= 0.6 is 11.6 Å². The van der Waals surface area contributed by atoms with Gasteiger partial charge in [-0.1, -0.05) is 18.0 Å². The Kier molecular flexibility index (Phi) is 4.98. The summed E-state index contributed by atoms with van der Waals surface area (Å²) in [5.41, 5.74) is 0.933. The lowest BCUT2D eigenvalue weighted by molar-refractivity contribution is 0.0600. The summed E-state index contributed by atoms with van der Waals surface area (Å²) in [6.07, 6.45) is 3.59. The molecule has 1 heterocycles. The maximum Gasteiger partial charge on any atom is 0.125 e. The molecule has 1 aliphatic heterocycles. The van der Waals surface area contributed by atoms with Gasteiger partial charge in [-0.05, 0) is 43.1 Å². The number of benzene rings is 1. The van der Waals surface area contributed by atoms with Crippen molar-refractivity contribution in [1.82, 2.24) is 4.90 Å². The van der Waals surface area contributed by atoms with Crippen LogP contribution in [0.15, 0.2) is 18.2 Å². The molecule has 1 aromatic carbocycles. The highest BCUT2D eigenvalue weighted by molar-refractivity contribution is 6.30. The van der Waals surface area contributed by atoms with E-state index in [0.29, 0.717) is 11.1 Å². The van der Waals surface area contributed by atoms with Crippen LogP contribution in [0, 0.1) is 5.82 Å². The van der Waals surface area contributed by atoms with Crippen LogP contribution in [0.2, 0.25) is 5.02 Å². The molecule has 0 spiro atoms. The van der Waals surface area contributed by atoms with Crippen molar-refractivity contribution < 1.29 is 9.13 Å². The third kappa shape index (κ3) is 3.67. The minimum atomic E-state index is -0.266. The molecule has 0 aliphatic carbocycles. The fourth-order valence-electron chi connectivity index (χ4n) is 2.59. The first-order valence-electron chi connectivity index (χ1n) is 6.37. The van der Waals surface area contributed by atoms with Gasteiger partial charge in [-0.25, -0.2) is 4.39 Å². The molecule has 18 heavy (non-hydrogen) atoms. The van der Waals surface area contributed by atoms with E-state index in [1.54, 1.807) is 13.2 Å². The van der Waals surface area contributed by atoms with Gasteiger partial charge in [0.15, 0.2) is 0 Å². The Balaban J connectivity index is 2.05. The molecule has 0 bridgehead atoms. The summed E-state index contributed by atoms with van der Waals surface area (Å²) in [4.78, 5) is 2.36. The summed E-state index contributed by atoms with van der Waals surface area (Å²) in [5, 5.41) is 0.463. The van der Waals surface area contributed by atoms with Crippen LogP contribution < -0.4 is 0 Å². The first kappa shape index (κ1) is 13.8. The molecule has 0 radical (unpaired) electrons. The summed E-state index contributed by atoms with van der Waals surface area (Å²) in [5.74, 6) is -0.266. The van der Waals surface area contributed by atoms with Gasteiger partial charge in [0.1, 0.15) is 5.82 Å². The van der Waals surface area contributed by atoms with Crippen molar-refractivity contribution in [3.05, 3.63) is 34.6 Å². The number of methoxy groups -OCH3 is 1. The van der Waals surface area contributed by atoms with Gasteiger partial charge in [0.2, 0.25) is 0 Å². The summed E-state index contributed by atoms with van der Waals surface area (Å²) < 4.78 is 18.6. The highest BCUT2D eigenvalue weighted by Gasteiger charge is 2.22. The second-order valence-electron chi connectivity index (χ2n) is 4.85. The van der Waals surface area contributed by atoms with E-state index in [2.05, 4.69) is 4.90 Å². The number of hydrogen-bond donors (Lipinski definition) is 0. The molecule has 1 aliphatic rings. The minimum absolute atomic E-state index is 0.266. The zero-order valence-electron chi connectivity index (χ0n) is 10.7. The van der Waals surface area contributed by atoms with Crippen molar-refractivity contribution in [3.8, 4) is 0 Å². The number of piperidine rings is 1. The zero-order chi connectivity index (χ0) is 13.0. The van der Waals surface area contributed by atoms with E-state index in [4.69, 9.17) is 16.3 Å². The molecule has 0 aromatic heterocycles. The highest BCUT2D eigenvalue weighted by Crippen LogP contribution is 2.22. The number of halogens is 2. The maximum atomic E-state index is 13.3. The third-order valence-corrected chi connectivity index (χ3v) is 3.63. The Bertz CT molecular complexity index is 377. The molecule has 1 saturated heterocycles. The SMILES string of the molecule is COCC1CCCCN1Cc1cc(F)cc(Cl)c1. The van der Waals surface area contributed by atoms with E-state index < -0.39 is 0 Å². The van der Waals surface area contributed by atoms with Crippen molar-refractivity contribution in [2.75, 3.05) is 20.3 Å². The molecule has 0 saturated carbocycles. The lowest BCUT2D eigenvalue weighted by Crippen LogP contribution is -2.41. The van der Waals surface area contributed by atoms with Crippen molar-refractivity contribution in [1.29, 1.82) is 0 Å². The Hall–Kier alpha value is -0.640. The van der Waals surface area contributed by atoms with E-state index in [1.165, 1.54) is 18.9 Å². The molecule has 0 amide bonds. The second kappa shape index (κ2) is 6.50. The molecule has 1 aromatic rings. The van der Waals surface area contributed by atoms with E-state index in [-0.39, 0.29) is 5.82 Å². The molecular weight excluding hydrogens is 253 g/mol. The first-order valence-corrected chi connectivity index (χ1v) is 6.75. The van der Waals surface area contributed by atoms with Gasteiger partial charge in [0.25, 0.3) is 0 Å². The van der Waals surface area contributed by atoms with Crippen molar-refractivity contribution in [3.63, 3.8) is 0 Å². The van der Waals surface area contributed by atoms with Gasteiger partial charge < -0.3 is 4.74 Å². The zero-order valence-corrected chi connectivity index (χ0v) is 11.4. The van der Waals surface area contributed by atoms with Gasteiger partial charge in [-0.3, -0.25) is 4.90 Å². The predicted octanol–water partition coefficient (Wildman–Crippen LogP) is 3.48. The lowest BCUT2D eigenvalue weighted by Gasteiger charge is -2.35. The number of hydrogen-bond acceptors (Lipinski definition) is 2. The second-order valence-corrected chi connectivity index (χ2v) is 5.29. The average molecular weight is 272 g/mol. The summed E-state index contributed by atoms with van der Waals surface area (Å²) in [7, 11) is 1.73. The fraction of sp³-hybridized carbons (Fsp3) is 0.571. The molecular formula is C14H19ClFNO. The van der Waals surface area contributed by atoms with Crippen molar-refractivity contribution in [2.45, 2.75) is 31.8 Å². The molecule has 100 valence electrons. The van der Waals surface area contributed by atoms with Crippen LogP contribution in [-0.2, 0) is 11.3 Å². The Morgan fingerprint density at radius 3 is 2.94 bits per heavy atom. The van der Waals surface area contributed by atoms with Crippen LogP contribution in [0.5, 0.6) is 0 Å². The number of likely N-dealkylation sites (tertiary alicyclic amines) is 1. The summed E-state index contributed by atoms with van der Waals surface area (Å²) >= 11 is 5.88. The van der Waals surface area contributed by atoms with E-state index in [0.717, 1.165) is 31.7 Å². The summed E-state index contributed by atoms with van der Waals surface area (Å²) in [6.45, 7) is 2.52. The van der Waals surface area contributed by atoms with Gasteiger partial charge in [-0.2, -0.15) is 0 Å². The minimum Gasteiger partial charge on any atom is -0.383 e. The highest BCUT2D eigenvalue weighted by atomic mass is 35.5. The normalized spacial score (nSPS) is 21.2. The van der Waals surface area contributed by atoms with Crippen LogP contribution in [0.1, 0.15) is 24.8 Å². The summed E-state index contributed by atoms with van der Waals surface area (Å²) in [6, 6.07) is 5.17. The average Bonchev–Trinajstić information content (AvgIpc) is 2.30. The molecule has 0 N–H and O–H groups in total. The Labute approximate surface area is 113 Å². The topological polar surface area (TPSA) is 12.5 Å². The van der Waals surface area contributed by atoms with Crippen LogP contribution in [0.4, 0.5) is 4.39 Å². The van der Waals surface area contributed by atoms with Gasteiger partial charge in [0, 0.05) is 24.7 Å². The fourth-order valence-corrected chi connectivity index (χ4v) is 2.83. The van der Waals surface area contributed by atoms with Gasteiger partial charge >= 0.3 is 0 Å². The van der Waals surface area contributed by atoms with E-state index in [9.17, 15) is 4.39 Å². The predicted molar refractivity (Wildman–Crippen MR) is 71.3 cm³/mol. The largest absolute Gasteiger partial charge is 0.383 e. The number of rotatable bonds is 4. The van der Waals surface area contributed by atoms with E-state index in [1.807, 2.05) is 6.07 Å². The standard InChI is InChI=1S/C14H19ClFNO/c1-18-10-14-4-2-3-5-17(14)9-11-6-12(15)8-13(16)7-11/h6-8,14H,2-5,9-10H2,1H3. The van der Waals surface area contributed by atoms with Crippen LogP contribution in [0.25, 0.3) is 0 Å². The smallest absolute Gasteiger partial charge is 0.125 e. The number of nitrogens with zero attached hydrogens (tertiary/aromatic N) is 1. The molecule has 4 heteroatoms. The van der Waals surface area contributed by atoms with Crippen LogP contribution in [-0.4, -0.2) is 31.2 Å². The van der Waals surface area contributed by atoms with E-state index >= 15 is 0 Å². The van der Waals surface area contributed by atoms with Gasteiger partial charge in [-0.15, -0.1) is 0 Å². The Morgan fingerprint density at radius 2 is 2.22 bits per heavy atom. The first-order chi connectivity index (χ1) is 8.69. The molecule has 2 nitrogen and oxygen atoms in total. The van der Waals surface area contributed by atoms with Crippen molar-refractivity contribution in [2.24, 2.45) is 0 Å². The number of ether oxygens (including phenoxy) is 1. The maximum absolute atomic E-state index is 13.3. The van der Waals surface area contributed by atoms with Crippen molar-refractivity contribution >= 4 is 11.6 Å². The molecule has 1 unspecified atom stereocenters. The monoisotopic (exact) mass is 271 g/mol. The van der Waals surface area contributed by atoms with Gasteiger partial charge in [0.05, 0.1) is 6.61 Å².